The second-order valence-corrected chi connectivity index (χ2v) is 7.80. The molecule has 6 heteroatoms. The first-order valence-electron chi connectivity index (χ1n) is 9.98. The maximum atomic E-state index is 13.2. The van der Waals surface area contributed by atoms with Gasteiger partial charge in [0, 0.05) is 25.0 Å². The zero-order chi connectivity index (χ0) is 21.3. The molecule has 3 aromatic rings. The fourth-order valence-corrected chi connectivity index (χ4v) is 4.00. The first kappa shape index (κ1) is 19.9. The third-order valence-corrected chi connectivity index (χ3v) is 5.65. The highest BCUT2D eigenvalue weighted by Gasteiger charge is 2.29. The maximum Gasteiger partial charge on any atom is 0.268 e. The predicted octanol–water partition coefficient (Wildman–Crippen LogP) is 3.70. The van der Waals surface area contributed by atoms with Gasteiger partial charge in [-0.2, -0.15) is 0 Å². The number of hydrogen-bond acceptors (Lipinski definition) is 3. The highest BCUT2D eigenvalue weighted by atomic mass is 19.1. The number of nitrogens with zero attached hydrogens (tertiary/aromatic N) is 2. The van der Waals surface area contributed by atoms with Crippen molar-refractivity contribution in [1.82, 2.24) is 9.47 Å². The van der Waals surface area contributed by atoms with Crippen LogP contribution in [0.4, 0.5) is 4.39 Å². The van der Waals surface area contributed by atoms with Crippen molar-refractivity contribution in [2.24, 2.45) is 5.92 Å². The predicted molar refractivity (Wildman–Crippen MR) is 113 cm³/mol. The molecular weight excluding hydrogens is 383 g/mol. The number of aromatic nitrogens is 1. The van der Waals surface area contributed by atoms with E-state index in [2.05, 4.69) is 0 Å². The molecule has 2 aromatic carbocycles. The molecule has 1 amide bonds. The van der Waals surface area contributed by atoms with E-state index < -0.39 is 5.56 Å². The van der Waals surface area contributed by atoms with Crippen molar-refractivity contribution in [2.45, 2.75) is 19.8 Å². The van der Waals surface area contributed by atoms with Gasteiger partial charge in [0.15, 0.2) is 0 Å². The Hall–Kier alpha value is -3.41. The van der Waals surface area contributed by atoms with E-state index >= 15 is 0 Å². The van der Waals surface area contributed by atoms with Crippen molar-refractivity contribution >= 4 is 5.91 Å². The van der Waals surface area contributed by atoms with Gasteiger partial charge in [-0.25, -0.2) is 4.39 Å². The van der Waals surface area contributed by atoms with Crippen LogP contribution in [0.2, 0.25) is 0 Å². The molecule has 2 heterocycles. The number of carbonyl (C=O) groups excluding carboxylic acids is 1. The van der Waals surface area contributed by atoms with Crippen LogP contribution in [0.25, 0.3) is 5.69 Å². The summed E-state index contributed by atoms with van der Waals surface area (Å²) < 4.78 is 14.6. The van der Waals surface area contributed by atoms with Gasteiger partial charge < -0.3 is 10.0 Å². The summed E-state index contributed by atoms with van der Waals surface area (Å²) in [6.45, 7) is 2.95. The lowest BCUT2D eigenvalue weighted by Crippen LogP contribution is -2.36. The van der Waals surface area contributed by atoms with Crippen LogP contribution in [0.1, 0.15) is 27.9 Å². The molecule has 1 N–H and O–H groups in total. The third-order valence-electron chi connectivity index (χ3n) is 5.65. The summed E-state index contributed by atoms with van der Waals surface area (Å²) in [5.41, 5.74) is 2.02. The molecule has 154 valence electrons. The normalized spacial score (nSPS) is 16.1. The van der Waals surface area contributed by atoms with Crippen molar-refractivity contribution in [2.75, 3.05) is 13.1 Å². The number of phenols is 1. The number of rotatable bonds is 4. The van der Waals surface area contributed by atoms with Crippen LogP contribution in [0.3, 0.4) is 0 Å². The molecule has 1 unspecified atom stereocenters. The second kappa shape index (κ2) is 8.14. The number of aryl methyl sites for hydroxylation is 1. The summed E-state index contributed by atoms with van der Waals surface area (Å²) in [5.74, 6) is -0.102. The molecule has 1 aromatic heterocycles. The zero-order valence-corrected chi connectivity index (χ0v) is 16.7. The fourth-order valence-electron chi connectivity index (χ4n) is 4.00. The number of carbonyl (C=O) groups is 1. The standard InChI is InChI=1S/C24H23FN2O3/c1-16-10-13-27(20-6-4-19(25)5-7-20)24(30)22(16)23(29)26-12-11-18(15-26)14-17-2-8-21(28)9-3-17/h2-10,13,18,28H,11-12,14-15H2,1H3. The molecule has 0 aliphatic carbocycles. The van der Waals surface area contributed by atoms with E-state index in [0.717, 1.165) is 18.4 Å². The van der Waals surface area contributed by atoms with E-state index in [-0.39, 0.29) is 23.0 Å². The topological polar surface area (TPSA) is 62.5 Å². The molecule has 1 aliphatic heterocycles. The summed E-state index contributed by atoms with van der Waals surface area (Å²) >= 11 is 0. The van der Waals surface area contributed by atoms with Gasteiger partial charge in [-0.3, -0.25) is 14.2 Å². The molecule has 5 nitrogen and oxygen atoms in total. The molecule has 30 heavy (non-hydrogen) atoms. The maximum absolute atomic E-state index is 13.2. The van der Waals surface area contributed by atoms with Crippen molar-refractivity contribution in [3.8, 4) is 11.4 Å². The van der Waals surface area contributed by atoms with Crippen LogP contribution in [0.5, 0.6) is 5.75 Å². The first-order chi connectivity index (χ1) is 14.4. The molecule has 1 aliphatic rings. The summed E-state index contributed by atoms with van der Waals surface area (Å²) in [4.78, 5) is 28.0. The highest BCUT2D eigenvalue weighted by Crippen LogP contribution is 2.23. The van der Waals surface area contributed by atoms with Crippen LogP contribution < -0.4 is 5.56 Å². The Morgan fingerprint density at radius 1 is 1.10 bits per heavy atom. The molecule has 0 bridgehead atoms. The largest absolute Gasteiger partial charge is 0.508 e. The fraction of sp³-hybridized carbons (Fsp3) is 0.250. The van der Waals surface area contributed by atoms with E-state index in [9.17, 15) is 19.1 Å². The first-order valence-corrected chi connectivity index (χ1v) is 9.98. The van der Waals surface area contributed by atoms with Gasteiger partial charge in [0.25, 0.3) is 11.5 Å². The summed E-state index contributed by atoms with van der Waals surface area (Å²) in [6, 6.07) is 14.5. The van der Waals surface area contributed by atoms with Crippen molar-refractivity contribution < 1.29 is 14.3 Å². The lowest BCUT2D eigenvalue weighted by Gasteiger charge is -2.18. The summed E-state index contributed by atoms with van der Waals surface area (Å²) in [6.07, 6.45) is 3.29. The second-order valence-electron chi connectivity index (χ2n) is 7.80. The van der Waals surface area contributed by atoms with Crippen LogP contribution in [0, 0.1) is 18.7 Å². The number of pyridine rings is 1. The van der Waals surface area contributed by atoms with E-state index in [4.69, 9.17) is 0 Å². The minimum absolute atomic E-state index is 0.159. The molecule has 1 atom stereocenters. The van der Waals surface area contributed by atoms with Gasteiger partial charge in [0.1, 0.15) is 17.1 Å². The molecule has 0 radical (unpaired) electrons. The van der Waals surface area contributed by atoms with Crippen LogP contribution in [-0.4, -0.2) is 33.6 Å². The van der Waals surface area contributed by atoms with Gasteiger partial charge in [0.05, 0.1) is 0 Å². The van der Waals surface area contributed by atoms with Crippen LogP contribution in [0.15, 0.2) is 65.6 Å². The van der Waals surface area contributed by atoms with Gasteiger partial charge in [-0.15, -0.1) is 0 Å². The molecule has 1 fully saturated rings. The van der Waals surface area contributed by atoms with Crippen molar-refractivity contribution in [1.29, 1.82) is 0 Å². The van der Waals surface area contributed by atoms with Gasteiger partial charge in [0.2, 0.25) is 0 Å². The molecule has 0 spiro atoms. The Morgan fingerprint density at radius 3 is 2.50 bits per heavy atom. The number of halogens is 1. The Kier molecular flexibility index (Phi) is 5.40. The minimum Gasteiger partial charge on any atom is -0.508 e. The third kappa shape index (κ3) is 3.99. The monoisotopic (exact) mass is 406 g/mol. The lowest BCUT2D eigenvalue weighted by molar-refractivity contribution is 0.0784. The Balaban J connectivity index is 1.54. The quantitative estimate of drug-likeness (QED) is 0.719. The molecular formula is C24H23FN2O3. The van der Waals surface area contributed by atoms with E-state index in [1.165, 1.54) is 28.8 Å². The van der Waals surface area contributed by atoms with Crippen molar-refractivity contribution in [3.05, 3.63) is 93.7 Å². The SMILES string of the molecule is Cc1ccn(-c2ccc(F)cc2)c(=O)c1C(=O)N1CCC(Cc2ccc(O)cc2)C1. The molecule has 4 rings (SSSR count). The number of phenolic OH excluding ortho intramolecular Hbond substituents is 1. The van der Waals surface area contributed by atoms with Gasteiger partial charge in [-0.1, -0.05) is 12.1 Å². The Labute approximate surface area is 174 Å². The zero-order valence-electron chi connectivity index (χ0n) is 16.7. The highest BCUT2D eigenvalue weighted by molar-refractivity contribution is 5.95. The number of benzene rings is 2. The van der Waals surface area contributed by atoms with Gasteiger partial charge in [-0.05, 0) is 79.3 Å². The van der Waals surface area contributed by atoms with Crippen LogP contribution >= 0.6 is 0 Å². The molecule has 1 saturated heterocycles. The Bertz CT molecular complexity index is 1120. The lowest BCUT2D eigenvalue weighted by atomic mass is 9.99. The number of likely N-dealkylation sites (tertiary alicyclic amines) is 1. The average molecular weight is 406 g/mol. The van der Waals surface area contributed by atoms with E-state index in [1.807, 2.05) is 12.1 Å². The number of hydrogen-bond donors (Lipinski definition) is 1. The summed E-state index contributed by atoms with van der Waals surface area (Å²) in [5, 5.41) is 9.43. The Morgan fingerprint density at radius 2 is 1.80 bits per heavy atom. The average Bonchev–Trinajstić information content (AvgIpc) is 3.19. The van der Waals surface area contributed by atoms with E-state index in [0.29, 0.717) is 30.3 Å². The number of amides is 1. The van der Waals surface area contributed by atoms with Crippen LogP contribution in [-0.2, 0) is 6.42 Å². The minimum atomic E-state index is -0.395. The smallest absolute Gasteiger partial charge is 0.268 e. The van der Waals surface area contributed by atoms with Gasteiger partial charge >= 0.3 is 0 Å². The number of aromatic hydroxyl groups is 1. The summed E-state index contributed by atoms with van der Waals surface area (Å²) in [7, 11) is 0. The van der Waals surface area contributed by atoms with E-state index in [1.54, 1.807) is 36.2 Å². The molecule has 0 saturated carbocycles. The van der Waals surface area contributed by atoms with Crippen molar-refractivity contribution in [3.63, 3.8) is 0 Å².